The van der Waals surface area contributed by atoms with Crippen LogP contribution in [0.15, 0.2) is 34.7 Å². The lowest BCUT2D eigenvalue weighted by molar-refractivity contribution is -0.137. The average Bonchev–Trinajstić information content (AvgIpc) is 2.85. The van der Waals surface area contributed by atoms with Gasteiger partial charge in [-0.05, 0) is 30.3 Å². The van der Waals surface area contributed by atoms with Gasteiger partial charge in [-0.2, -0.15) is 13.2 Å². The number of carbonyl (C=O) groups excluding carboxylic acids is 1. The molecule has 0 radical (unpaired) electrons. The summed E-state index contributed by atoms with van der Waals surface area (Å²) in [6, 6.07) is 6.31. The van der Waals surface area contributed by atoms with Gasteiger partial charge < -0.3 is 9.32 Å². The first-order valence-electron chi connectivity index (χ1n) is 5.77. The monoisotopic (exact) mass is 283 g/mol. The van der Waals surface area contributed by atoms with Gasteiger partial charge in [0.05, 0.1) is 5.56 Å². The Morgan fingerprint density at radius 3 is 2.35 bits per heavy atom. The molecular formula is C14H12F3NO2. The molecule has 2 aromatic rings. The van der Waals surface area contributed by atoms with Crippen molar-refractivity contribution in [3.63, 3.8) is 0 Å². The molecule has 106 valence electrons. The summed E-state index contributed by atoms with van der Waals surface area (Å²) in [5.41, 5.74) is 0.102. The summed E-state index contributed by atoms with van der Waals surface area (Å²) in [4.78, 5) is 12.3. The molecule has 6 heteroatoms. The number of anilines is 1. The van der Waals surface area contributed by atoms with Gasteiger partial charge in [0.2, 0.25) is 0 Å². The molecule has 0 saturated carbocycles. The molecule has 0 unspecified atom stereocenters. The van der Waals surface area contributed by atoms with Crippen LogP contribution < -0.4 is 4.90 Å². The molecule has 1 aromatic carbocycles. The van der Waals surface area contributed by atoms with E-state index in [-0.39, 0.29) is 17.1 Å². The van der Waals surface area contributed by atoms with Gasteiger partial charge in [-0.15, -0.1) is 0 Å². The van der Waals surface area contributed by atoms with Crippen LogP contribution in [0.1, 0.15) is 16.1 Å². The standard InChI is InChI=1S/C14H12F3NO2/c1-18(2)12-5-3-9(14(15,16)17)7-11(12)13-6-4-10(8-19)20-13/h3-8H,1-2H3. The molecule has 2 rings (SSSR count). The van der Waals surface area contributed by atoms with E-state index in [9.17, 15) is 18.0 Å². The zero-order chi connectivity index (χ0) is 14.9. The first-order valence-corrected chi connectivity index (χ1v) is 5.77. The van der Waals surface area contributed by atoms with Crippen LogP contribution in [0.3, 0.4) is 0 Å². The lowest BCUT2D eigenvalue weighted by Gasteiger charge is -2.18. The quantitative estimate of drug-likeness (QED) is 0.802. The van der Waals surface area contributed by atoms with E-state index >= 15 is 0 Å². The highest BCUT2D eigenvalue weighted by molar-refractivity contribution is 5.79. The van der Waals surface area contributed by atoms with Crippen molar-refractivity contribution in [2.24, 2.45) is 0 Å². The van der Waals surface area contributed by atoms with Crippen LogP contribution in [0.5, 0.6) is 0 Å². The number of rotatable bonds is 3. The van der Waals surface area contributed by atoms with E-state index < -0.39 is 11.7 Å². The summed E-state index contributed by atoms with van der Waals surface area (Å²) >= 11 is 0. The highest BCUT2D eigenvalue weighted by Crippen LogP contribution is 2.37. The molecular weight excluding hydrogens is 271 g/mol. The van der Waals surface area contributed by atoms with Gasteiger partial charge in [0.25, 0.3) is 0 Å². The maximum atomic E-state index is 12.8. The summed E-state index contributed by atoms with van der Waals surface area (Å²) in [5.74, 6) is 0.295. The van der Waals surface area contributed by atoms with Crippen molar-refractivity contribution in [2.45, 2.75) is 6.18 Å². The van der Waals surface area contributed by atoms with Crippen LogP contribution in [-0.2, 0) is 6.18 Å². The second-order valence-electron chi connectivity index (χ2n) is 4.44. The van der Waals surface area contributed by atoms with Crippen LogP contribution in [0.25, 0.3) is 11.3 Å². The van der Waals surface area contributed by atoms with Crippen LogP contribution in [0, 0.1) is 0 Å². The van der Waals surface area contributed by atoms with Crippen LogP contribution in [0.4, 0.5) is 18.9 Å². The van der Waals surface area contributed by atoms with E-state index in [0.717, 1.165) is 12.1 Å². The van der Waals surface area contributed by atoms with Gasteiger partial charge in [0.1, 0.15) is 5.76 Å². The molecule has 0 aliphatic heterocycles. The summed E-state index contributed by atoms with van der Waals surface area (Å²) in [5, 5.41) is 0. The third-order valence-corrected chi connectivity index (χ3v) is 2.81. The van der Waals surface area contributed by atoms with Crippen molar-refractivity contribution in [2.75, 3.05) is 19.0 Å². The van der Waals surface area contributed by atoms with Crippen molar-refractivity contribution >= 4 is 12.0 Å². The van der Waals surface area contributed by atoms with E-state index in [1.165, 1.54) is 18.2 Å². The molecule has 1 aromatic heterocycles. The largest absolute Gasteiger partial charge is 0.453 e. The summed E-state index contributed by atoms with van der Waals surface area (Å²) in [7, 11) is 3.44. The van der Waals surface area contributed by atoms with E-state index in [2.05, 4.69) is 0 Å². The molecule has 0 aliphatic carbocycles. The van der Waals surface area contributed by atoms with Gasteiger partial charge in [-0.3, -0.25) is 4.79 Å². The van der Waals surface area contributed by atoms with Crippen LogP contribution in [0.2, 0.25) is 0 Å². The molecule has 0 fully saturated rings. The fraction of sp³-hybridized carbons (Fsp3) is 0.214. The smallest absolute Gasteiger partial charge is 0.416 e. The van der Waals surface area contributed by atoms with Crippen molar-refractivity contribution in [1.82, 2.24) is 0 Å². The SMILES string of the molecule is CN(C)c1ccc(C(F)(F)F)cc1-c1ccc(C=O)o1. The number of nitrogens with zero attached hydrogens (tertiary/aromatic N) is 1. The number of carbonyl (C=O) groups is 1. The number of benzene rings is 1. The summed E-state index contributed by atoms with van der Waals surface area (Å²) in [6.07, 6.45) is -3.92. The fourth-order valence-electron chi connectivity index (χ4n) is 1.86. The van der Waals surface area contributed by atoms with Gasteiger partial charge in [0, 0.05) is 25.3 Å². The second kappa shape index (κ2) is 5.03. The van der Waals surface area contributed by atoms with Crippen molar-refractivity contribution in [1.29, 1.82) is 0 Å². The predicted octanol–water partition coefficient (Wildman–Crippen LogP) is 3.84. The van der Waals surface area contributed by atoms with E-state index in [1.54, 1.807) is 19.0 Å². The number of alkyl halides is 3. The van der Waals surface area contributed by atoms with E-state index in [1.807, 2.05) is 0 Å². The maximum Gasteiger partial charge on any atom is 0.416 e. The van der Waals surface area contributed by atoms with Gasteiger partial charge in [-0.1, -0.05) is 0 Å². The predicted molar refractivity (Wildman–Crippen MR) is 68.9 cm³/mol. The fourth-order valence-corrected chi connectivity index (χ4v) is 1.86. The van der Waals surface area contributed by atoms with E-state index in [4.69, 9.17) is 4.42 Å². The minimum absolute atomic E-state index is 0.0714. The van der Waals surface area contributed by atoms with Crippen LogP contribution >= 0.6 is 0 Å². The second-order valence-corrected chi connectivity index (χ2v) is 4.44. The van der Waals surface area contributed by atoms with Crippen molar-refractivity contribution in [3.8, 4) is 11.3 Å². The normalized spacial score (nSPS) is 11.4. The average molecular weight is 283 g/mol. The number of hydrogen-bond donors (Lipinski definition) is 0. The number of hydrogen-bond acceptors (Lipinski definition) is 3. The maximum absolute atomic E-state index is 12.8. The molecule has 0 amide bonds. The highest BCUT2D eigenvalue weighted by atomic mass is 19.4. The number of aldehydes is 1. The zero-order valence-corrected chi connectivity index (χ0v) is 10.9. The molecule has 20 heavy (non-hydrogen) atoms. The Labute approximate surface area is 113 Å². The minimum atomic E-state index is -4.43. The lowest BCUT2D eigenvalue weighted by Crippen LogP contribution is -2.12. The third-order valence-electron chi connectivity index (χ3n) is 2.81. The Balaban J connectivity index is 2.60. The summed E-state index contributed by atoms with van der Waals surface area (Å²) < 4.78 is 43.6. The van der Waals surface area contributed by atoms with Crippen LogP contribution in [-0.4, -0.2) is 20.4 Å². The Hall–Kier alpha value is -2.24. The highest BCUT2D eigenvalue weighted by Gasteiger charge is 2.31. The Kier molecular flexibility index (Phi) is 3.57. The first-order chi connectivity index (χ1) is 9.32. The number of furan rings is 1. The molecule has 3 nitrogen and oxygen atoms in total. The van der Waals surface area contributed by atoms with Crippen molar-refractivity contribution < 1.29 is 22.4 Å². The molecule has 0 atom stereocenters. The third kappa shape index (κ3) is 2.68. The Bertz CT molecular complexity index is 630. The molecule has 0 bridgehead atoms. The Morgan fingerprint density at radius 2 is 1.85 bits per heavy atom. The topological polar surface area (TPSA) is 33.5 Å². The first kappa shape index (κ1) is 14.2. The van der Waals surface area contributed by atoms with Gasteiger partial charge in [0.15, 0.2) is 12.0 Å². The molecule has 0 saturated heterocycles. The number of halogens is 3. The molecule has 0 spiro atoms. The molecule has 1 heterocycles. The Morgan fingerprint density at radius 1 is 1.15 bits per heavy atom. The van der Waals surface area contributed by atoms with Gasteiger partial charge in [-0.25, -0.2) is 0 Å². The van der Waals surface area contributed by atoms with Gasteiger partial charge >= 0.3 is 6.18 Å². The molecule has 0 N–H and O–H groups in total. The van der Waals surface area contributed by atoms with Crippen molar-refractivity contribution in [3.05, 3.63) is 41.7 Å². The summed E-state index contributed by atoms with van der Waals surface area (Å²) in [6.45, 7) is 0. The minimum Gasteiger partial charge on any atom is -0.453 e. The lowest BCUT2D eigenvalue weighted by atomic mass is 10.1. The van der Waals surface area contributed by atoms with E-state index in [0.29, 0.717) is 12.0 Å². The zero-order valence-electron chi connectivity index (χ0n) is 10.9. The molecule has 0 aliphatic rings.